The maximum atomic E-state index is 13.0. The molecule has 62 valence electrons. The molecule has 0 atom stereocenters. The summed E-state index contributed by atoms with van der Waals surface area (Å²) in [6, 6.07) is 2.82. The van der Waals surface area contributed by atoms with Gasteiger partial charge in [0.15, 0.2) is 0 Å². The lowest BCUT2D eigenvalue weighted by Crippen LogP contribution is -1.78. The van der Waals surface area contributed by atoms with Crippen molar-refractivity contribution < 1.29 is 8.78 Å². The van der Waals surface area contributed by atoms with Crippen molar-refractivity contribution in [2.45, 2.75) is 0 Å². The van der Waals surface area contributed by atoms with Gasteiger partial charge in [-0.1, -0.05) is 15.9 Å². The van der Waals surface area contributed by atoms with Crippen LogP contribution in [-0.4, -0.2) is 4.98 Å². The van der Waals surface area contributed by atoms with Gasteiger partial charge in [0.25, 0.3) is 0 Å². The first-order valence-electron chi connectivity index (χ1n) is 3.30. The minimum atomic E-state index is -0.455. The second-order valence-electron chi connectivity index (χ2n) is 2.45. The van der Waals surface area contributed by atoms with E-state index in [2.05, 4.69) is 20.9 Å². The average molecular weight is 232 g/mol. The van der Waals surface area contributed by atoms with Crippen LogP contribution in [0.15, 0.2) is 22.8 Å². The Balaban J connectivity index is 2.92. The number of hydrogen-bond acceptors (Lipinski definition) is 0. The Hall–Kier alpha value is -0.900. The van der Waals surface area contributed by atoms with Crippen LogP contribution >= 0.6 is 15.9 Å². The SMILES string of the molecule is Fc1c[nH]c2c(F)cc(Br)cc12. The molecular weight excluding hydrogens is 228 g/mol. The first-order chi connectivity index (χ1) is 5.68. The van der Waals surface area contributed by atoms with E-state index in [1.165, 1.54) is 12.1 Å². The zero-order valence-electron chi connectivity index (χ0n) is 5.87. The average Bonchev–Trinajstić information content (AvgIpc) is 2.33. The third-order valence-corrected chi connectivity index (χ3v) is 2.11. The molecule has 0 spiro atoms. The van der Waals surface area contributed by atoms with Crippen LogP contribution in [0, 0.1) is 11.6 Å². The standard InChI is InChI=1S/C8H4BrF2N/c9-4-1-5-7(11)3-12-8(5)6(10)2-4/h1-3,12H. The number of rotatable bonds is 0. The van der Waals surface area contributed by atoms with Gasteiger partial charge in [0.1, 0.15) is 11.6 Å². The molecule has 2 aromatic rings. The van der Waals surface area contributed by atoms with Crippen LogP contribution in [0.3, 0.4) is 0 Å². The van der Waals surface area contributed by atoms with E-state index in [9.17, 15) is 8.78 Å². The normalized spacial score (nSPS) is 10.9. The van der Waals surface area contributed by atoms with Crippen LogP contribution < -0.4 is 0 Å². The summed E-state index contributed by atoms with van der Waals surface area (Å²) in [5, 5.41) is 0.266. The molecule has 1 aromatic heterocycles. The van der Waals surface area contributed by atoms with Gasteiger partial charge in [-0.15, -0.1) is 0 Å². The number of aromatic amines is 1. The minimum absolute atomic E-state index is 0.204. The lowest BCUT2D eigenvalue weighted by Gasteiger charge is -1.93. The van der Waals surface area contributed by atoms with Crippen LogP contribution in [0.2, 0.25) is 0 Å². The zero-order chi connectivity index (χ0) is 8.72. The van der Waals surface area contributed by atoms with Crippen molar-refractivity contribution in [3.8, 4) is 0 Å². The molecule has 0 radical (unpaired) electrons. The van der Waals surface area contributed by atoms with Crippen LogP contribution in [0.4, 0.5) is 8.78 Å². The maximum absolute atomic E-state index is 13.0. The first-order valence-corrected chi connectivity index (χ1v) is 4.09. The smallest absolute Gasteiger partial charge is 0.148 e. The minimum Gasteiger partial charge on any atom is -0.356 e. The summed E-state index contributed by atoms with van der Waals surface area (Å²) < 4.78 is 26.5. The third kappa shape index (κ3) is 1.03. The van der Waals surface area contributed by atoms with Crippen molar-refractivity contribution in [1.82, 2.24) is 4.98 Å². The van der Waals surface area contributed by atoms with Crippen molar-refractivity contribution in [2.24, 2.45) is 0 Å². The van der Waals surface area contributed by atoms with Crippen molar-refractivity contribution in [1.29, 1.82) is 0 Å². The second kappa shape index (κ2) is 2.55. The molecule has 0 saturated carbocycles. The predicted molar refractivity (Wildman–Crippen MR) is 45.9 cm³/mol. The number of nitrogens with one attached hydrogen (secondary N) is 1. The molecule has 0 saturated heterocycles. The summed E-state index contributed by atoms with van der Waals surface area (Å²) in [4.78, 5) is 2.51. The van der Waals surface area contributed by atoms with E-state index in [1.54, 1.807) is 0 Å². The molecule has 0 unspecified atom stereocenters. The summed E-state index contributed by atoms with van der Waals surface area (Å²) in [5.74, 6) is -0.895. The third-order valence-electron chi connectivity index (χ3n) is 1.66. The van der Waals surface area contributed by atoms with Crippen molar-refractivity contribution in [3.05, 3.63) is 34.4 Å². The summed E-state index contributed by atoms with van der Waals surface area (Å²) >= 11 is 3.08. The summed E-state index contributed by atoms with van der Waals surface area (Å²) in [6.07, 6.45) is 1.14. The Morgan fingerprint density at radius 1 is 1.17 bits per heavy atom. The molecular formula is C8H4BrF2N. The van der Waals surface area contributed by atoms with Crippen molar-refractivity contribution >= 4 is 26.8 Å². The molecule has 0 aliphatic rings. The number of hydrogen-bond donors (Lipinski definition) is 1. The lowest BCUT2D eigenvalue weighted by atomic mass is 10.2. The van der Waals surface area contributed by atoms with E-state index in [0.717, 1.165) is 6.20 Å². The number of halogens is 3. The molecule has 1 aromatic carbocycles. The van der Waals surface area contributed by atoms with Gasteiger partial charge in [0.05, 0.1) is 5.52 Å². The van der Waals surface area contributed by atoms with Crippen LogP contribution in [-0.2, 0) is 0 Å². The van der Waals surface area contributed by atoms with Gasteiger partial charge in [0.2, 0.25) is 0 Å². The molecule has 12 heavy (non-hydrogen) atoms. The van der Waals surface area contributed by atoms with E-state index in [1.807, 2.05) is 0 Å². The molecule has 1 N–H and O–H groups in total. The molecule has 0 aliphatic heterocycles. The molecule has 1 nitrogen and oxygen atoms in total. The Morgan fingerprint density at radius 3 is 2.67 bits per heavy atom. The highest BCUT2D eigenvalue weighted by Gasteiger charge is 2.07. The number of aromatic nitrogens is 1. The summed E-state index contributed by atoms with van der Waals surface area (Å²) in [7, 11) is 0. The Morgan fingerprint density at radius 2 is 1.92 bits per heavy atom. The highest BCUT2D eigenvalue weighted by Crippen LogP contribution is 2.24. The quantitative estimate of drug-likeness (QED) is 0.717. The second-order valence-corrected chi connectivity index (χ2v) is 3.36. The number of fused-ring (bicyclic) bond motifs is 1. The van der Waals surface area contributed by atoms with Gasteiger partial charge in [-0.25, -0.2) is 8.78 Å². The molecule has 0 amide bonds. The van der Waals surface area contributed by atoms with Crippen molar-refractivity contribution in [3.63, 3.8) is 0 Å². The Labute approximate surface area is 75.5 Å². The van der Waals surface area contributed by atoms with E-state index in [4.69, 9.17) is 0 Å². The molecule has 1 heterocycles. The topological polar surface area (TPSA) is 15.8 Å². The Kier molecular flexibility index (Phi) is 1.65. The van der Waals surface area contributed by atoms with Gasteiger partial charge < -0.3 is 4.98 Å². The fourth-order valence-electron chi connectivity index (χ4n) is 1.12. The molecule has 2 rings (SSSR count). The molecule has 0 aliphatic carbocycles. The molecule has 0 bridgehead atoms. The first kappa shape index (κ1) is 7.73. The number of benzene rings is 1. The maximum Gasteiger partial charge on any atom is 0.148 e. The fourth-order valence-corrected chi connectivity index (χ4v) is 1.55. The van der Waals surface area contributed by atoms with Crippen LogP contribution in [0.1, 0.15) is 0 Å². The monoisotopic (exact) mass is 231 g/mol. The molecule has 0 fully saturated rings. The predicted octanol–water partition coefficient (Wildman–Crippen LogP) is 3.21. The highest BCUT2D eigenvalue weighted by atomic mass is 79.9. The van der Waals surface area contributed by atoms with Gasteiger partial charge in [-0.3, -0.25) is 0 Å². The number of H-pyrrole nitrogens is 1. The fraction of sp³-hybridized carbons (Fsp3) is 0. The molecule has 4 heteroatoms. The summed E-state index contributed by atoms with van der Waals surface area (Å²) in [6.45, 7) is 0. The highest BCUT2D eigenvalue weighted by molar-refractivity contribution is 9.10. The van der Waals surface area contributed by atoms with Crippen LogP contribution in [0.5, 0.6) is 0 Å². The van der Waals surface area contributed by atoms with Gasteiger partial charge >= 0.3 is 0 Å². The largest absolute Gasteiger partial charge is 0.356 e. The van der Waals surface area contributed by atoms with E-state index in [0.29, 0.717) is 4.47 Å². The van der Waals surface area contributed by atoms with Gasteiger partial charge in [-0.2, -0.15) is 0 Å². The summed E-state index contributed by atoms with van der Waals surface area (Å²) in [5.41, 5.74) is 0.204. The van der Waals surface area contributed by atoms with E-state index >= 15 is 0 Å². The lowest BCUT2D eigenvalue weighted by molar-refractivity contribution is 0.634. The van der Waals surface area contributed by atoms with E-state index in [-0.39, 0.29) is 10.9 Å². The van der Waals surface area contributed by atoms with Crippen molar-refractivity contribution in [2.75, 3.05) is 0 Å². The van der Waals surface area contributed by atoms with Gasteiger partial charge in [0, 0.05) is 16.1 Å². The Bertz CT molecular complexity index is 436. The van der Waals surface area contributed by atoms with Crippen LogP contribution in [0.25, 0.3) is 10.9 Å². The zero-order valence-corrected chi connectivity index (χ0v) is 7.45. The van der Waals surface area contributed by atoms with Gasteiger partial charge in [-0.05, 0) is 12.1 Å². The van der Waals surface area contributed by atoms with E-state index < -0.39 is 11.6 Å².